The zero-order chi connectivity index (χ0) is 13.7. The first-order valence-electron chi connectivity index (χ1n) is 6.09. The van der Waals surface area contributed by atoms with E-state index in [1.807, 2.05) is 54.0 Å². The molecular formula is C15H17N3O. The van der Waals surface area contributed by atoms with Crippen molar-refractivity contribution in [3.63, 3.8) is 0 Å². The fourth-order valence-electron chi connectivity index (χ4n) is 1.73. The number of carbonyl (C=O) groups excluding carboxylic acids is 1. The van der Waals surface area contributed by atoms with Crippen molar-refractivity contribution < 1.29 is 4.79 Å². The van der Waals surface area contributed by atoms with Crippen molar-refractivity contribution in [1.29, 1.82) is 0 Å². The third kappa shape index (κ3) is 3.81. The van der Waals surface area contributed by atoms with E-state index in [1.54, 1.807) is 24.8 Å². The molecule has 0 bridgehead atoms. The quantitative estimate of drug-likeness (QED) is 0.607. The van der Waals surface area contributed by atoms with Gasteiger partial charge in [-0.15, -0.1) is 0 Å². The predicted octanol–water partition coefficient (Wildman–Crippen LogP) is 2.19. The smallest absolute Gasteiger partial charge is 0.187 e. The van der Waals surface area contributed by atoms with Gasteiger partial charge in [-0.05, 0) is 11.6 Å². The van der Waals surface area contributed by atoms with Crippen molar-refractivity contribution in [2.24, 2.45) is 0 Å². The Morgan fingerprint density at radius 3 is 2.95 bits per heavy atom. The summed E-state index contributed by atoms with van der Waals surface area (Å²) in [6.07, 6.45) is 8.75. The van der Waals surface area contributed by atoms with Crippen LogP contribution in [0.2, 0.25) is 0 Å². The molecule has 1 heterocycles. The average Bonchev–Trinajstić information content (AvgIpc) is 2.89. The summed E-state index contributed by atoms with van der Waals surface area (Å²) in [7, 11) is 3.78. The SMILES string of the molecule is CN(C)C=CC(=O)c1cccc(Cn2ccnc2)c1. The number of hydrogen-bond donors (Lipinski definition) is 0. The van der Waals surface area contributed by atoms with E-state index in [2.05, 4.69) is 4.98 Å². The van der Waals surface area contributed by atoms with Gasteiger partial charge in [0, 0.05) is 50.9 Å². The highest BCUT2D eigenvalue weighted by Crippen LogP contribution is 2.08. The number of rotatable bonds is 5. The van der Waals surface area contributed by atoms with Crippen molar-refractivity contribution in [3.8, 4) is 0 Å². The van der Waals surface area contributed by atoms with Crippen LogP contribution in [0.4, 0.5) is 0 Å². The predicted molar refractivity (Wildman–Crippen MR) is 74.9 cm³/mol. The molecule has 0 atom stereocenters. The lowest BCUT2D eigenvalue weighted by molar-refractivity contribution is 0.104. The standard InChI is InChI=1S/C15H17N3O/c1-17(2)8-6-15(19)14-5-3-4-13(10-14)11-18-9-7-16-12-18/h3-10,12H,11H2,1-2H3. The molecule has 0 aliphatic heterocycles. The maximum Gasteiger partial charge on any atom is 0.187 e. The number of carbonyl (C=O) groups is 1. The fraction of sp³-hybridized carbons (Fsp3) is 0.200. The summed E-state index contributed by atoms with van der Waals surface area (Å²) < 4.78 is 1.97. The second kappa shape index (κ2) is 6.00. The average molecular weight is 255 g/mol. The monoisotopic (exact) mass is 255 g/mol. The van der Waals surface area contributed by atoms with Gasteiger partial charge in [-0.2, -0.15) is 0 Å². The van der Waals surface area contributed by atoms with Crippen molar-refractivity contribution >= 4 is 5.78 Å². The van der Waals surface area contributed by atoms with Crippen LogP contribution < -0.4 is 0 Å². The summed E-state index contributed by atoms with van der Waals surface area (Å²) >= 11 is 0. The molecule has 4 heteroatoms. The molecule has 0 saturated carbocycles. The van der Waals surface area contributed by atoms with E-state index in [0.717, 1.165) is 12.1 Å². The molecular weight excluding hydrogens is 238 g/mol. The van der Waals surface area contributed by atoms with Crippen LogP contribution in [-0.4, -0.2) is 34.3 Å². The Labute approximate surface area is 113 Å². The normalized spacial score (nSPS) is 10.8. The van der Waals surface area contributed by atoms with Crippen LogP contribution >= 0.6 is 0 Å². The van der Waals surface area contributed by atoms with Gasteiger partial charge in [0.05, 0.1) is 6.33 Å². The molecule has 0 spiro atoms. The van der Waals surface area contributed by atoms with Crippen LogP contribution in [0.5, 0.6) is 0 Å². The van der Waals surface area contributed by atoms with Gasteiger partial charge in [-0.25, -0.2) is 4.98 Å². The van der Waals surface area contributed by atoms with Gasteiger partial charge in [-0.3, -0.25) is 4.79 Å². The summed E-state index contributed by atoms with van der Waals surface area (Å²) in [5, 5.41) is 0. The molecule has 98 valence electrons. The summed E-state index contributed by atoms with van der Waals surface area (Å²) in [5.74, 6) is 0.0150. The van der Waals surface area contributed by atoms with E-state index >= 15 is 0 Å². The fourth-order valence-corrected chi connectivity index (χ4v) is 1.73. The van der Waals surface area contributed by atoms with E-state index in [-0.39, 0.29) is 5.78 Å². The first-order valence-corrected chi connectivity index (χ1v) is 6.09. The van der Waals surface area contributed by atoms with Gasteiger partial charge in [0.15, 0.2) is 5.78 Å². The highest BCUT2D eigenvalue weighted by atomic mass is 16.1. The molecule has 0 unspecified atom stereocenters. The zero-order valence-electron chi connectivity index (χ0n) is 11.2. The van der Waals surface area contributed by atoms with Crippen LogP contribution in [0.3, 0.4) is 0 Å². The van der Waals surface area contributed by atoms with Gasteiger partial charge in [0.25, 0.3) is 0 Å². The maximum absolute atomic E-state index is 12.0. The van der Waals surface area contributed by atoms with Crippen LogP contribution in [0.1, 0.15) is 15.9 Å². The molecule has 1 aromatic heterocycles. The minimum atomic E-state index is 0.0150. The highest BCUT2D eigenvalue weighted by molar-refractivity contribution is 6.04. The van der Waals surface area contributed by atoms with E-state index in [9.17, 15) is 4.79 Å². The third-order valence-corrected chi connectivity index (χ3v) is 2.66. The van der Waals surface area contributed by atoms with E-state index < -0.39 is 0 Å². The number of hydrogen-bond acceptors (Lipinski definition) is 3. The van der Waals surface area contributed by atoms with E-state index in [1.165, 1.54) is 0 Å². The van der Waals surface area contributed by atoms with E-state index in [0.29, 0.717) is 5.56 Å². The Hall–Kier alpha value is -2.36. The lowest BCUT2D eigenvalue weighted by Crippen LogP contribution is -2.04. The summed E-state index contributed by atoms with van der Waals surface area (Å²) in [6.45, 7) is 0.721. The molecule has 0 saturated heterocycles. The summed E-state index contributed by atoms with van der Waals surface area (Å²) in [4.78, 5) is 17.8. The Kier molecular flexibility index (Phi) is 4.13. The number of nitrogens with zero attached hydrogens (tertiary/aromatic N) is 3. The minimum absolute atomic E-state index is 0.0150. The molecule has 2 aromatic rings. The number of imidazole rings is 1. The van der Waals surface area contributed by atoms with Crippen LogP contribution in [0.25, 0.3) is 0 Å². The number of allylic oxidation sites excluding steroid dienone is 1. The molecule has 2 rings (SSSR count). The van der Waals surface area contributed by atoms with Crippen LogP contribution in [-0.2, 0) is 6.54 Å². The zero-order valence-corrected chi connectivity index (χ0v) is 11.2. The second-order valence-electron chi connectivity index (χ2n) is 4.58. The number of benzene rings is 1. The van der Waals surface area contributed by atoms with E-state index in [4.69, 9.17) is 0 Å². The lowest BCUT2D eigenvalue weighted by atomic mass is 10.1. The van der Waals surface area contributed by atoms with Crippen LogP contribution in [0.15, 0.2) is 55.3 Å². The molecule has 4 nitrogen and oxygen atoms in total. The molecule has 0 fully saturated rings. The van der Waals surface area contributed by atoms with Crippen molar-refractivity contribution in [1.82, 2.24) is 14.5 Å². The molecule has 1 aromatic carbocycles. The van der Waals surface area contributed by atoms with Gasteiger partial charge in [0.2, 0.25) is 0 Å². The molecule has 0 N–H and O–H groups in total. The largest absolute Gasteiger partial charge is 0.383 e. The highest BCUT2D eigenvalue weighted by Gasteiger charge is 2.03. The Morgan fingerprint density at radius 1 is 1.42 bits per heavy atom. The maximum atomic E-state index is 12.0. The molecule has 0 aliphatic rings. The van der Waals surface area contributed by atoms with Gasteiger partial charge in [-0.1, -0.05) is 18.2 Å². The Morgan fingerprint density at radius 2 is 2.26 bits per heavy atom. The summed E-state index contributed by atoms with van der Waals surface area (Å²) in [5.41, 5.74) is 1.79. The van der Waals surface area contributed by atoms with Crippen molar-refractivity contribution in [2.75, 3.05) is 14.1 Å². The Balaban J connectivity index is 2.13. The van der Waals surface area contributed by atoms with Crippen molar-refractivity contribution in [3.05, 3.63) is 66.4 Å². The van der Waals surface area contributed by atoms with Crippen LogP contribution in [0, 0.1) is 0 Å². The molecule has 0 aliphatic carbocycles. The first-order chi connectivity index (χ1) is 9.15. The third-order valence-electron chi connectivity index (χ3n) is 2.66. The molecule has 19 heavy (non-hydrogen) atoms. The molecule has 0 radical (unpaired) electrons. The Bertz CT molecular complexity index is 571. The molecule has 0 amide bonds. The topological polar surface area (TPSA) is 38.1 Å². The van der Waals surface area contributed by atoms with Crippen molar-refractivity contribution in [2.45, 2.75) is 6.54 Å². The van der Waals surface area contributed by atoms with Gasteiger partial charge < -0.3 is 9.47 Å². The van der Waals surface area contributed by atoms with Gasteiger partial charge in [0.1, 0.15) is 0 Å². The summed E-state index contributed by atoms with van der Waals surface area (Å²) in [6, 6.07) is 7.66. The number of aromatic nitrogens is 2. The minimum Gasteiger partial charge on any atom is -0.383 e. The first kappa shape index (κ1) is 13.1. The lowest BCUT2D eigenvalue weighted by Gasteiger charge is -2.05. The second-order valence-corrected chi connectivity index (χ2v) is 4.58. The number of ketones is 1. The van der Waals surface area contributed by atoms with Gasteiger partial charge >= 0.3 is 0 Å².